The molecule has 0 saturated carbocycles. The predicted octanol–water partition coefficient (Wildman–Crippen LogP) is 2.21. The van der Waals surface area contributed by atoms with Crippen LogP contribution in [0, 0.1) is 6.92 Å². The molecule has 2 N–H and O–H groups in total. The minimum atomic E-state index is -3.49. The topological polar surface area (TPSA) is 71.1 Å². The molecule has 1 heterocycles. The van der Waals surface area contributed by atoms with Gasteiger partial charge in [-0.15, -0.1) is 11.3 Å². The van der Waals surface area contributed by atoms with E-state index in [0.717, 1.165) is 15.4 Å². The summed E-state index contributed by atoms with van der Waals surface area (Å²) in [5.41, 5.74) is 1.05. The Morgan fingerprint density at radius 1 is 1.29 bits per heavy atom. The molecular weight excluding hydrogens is 306 g/mol. The Kier molecular flexibility index (Phi) is 5.10. The van der Waals surface area contributed by atoms with Gasteiger partial charge in [0.2, 0.25) is 10.0 Å². The summed E-state index contributed by atoms with van der Waals surface area (Å²) in [6.07, 6.45) is 1.69. The number of hydrogen-bond acceptors (Lipinski definition) is 5. The van der Waals surface area contributed by atoms with Crippen LogP contribution in [0.3, 0.4) is 0 Å². The Bertz CT molecular complexity index is 693. The second kappa shape index (κ2) is 6.65. The van der Waals surface area contributed by atoms with Gasteiger partial charge >= 0.3 is 0 Å². The van der Waals surface area contributed by atoms with Crippen molar-refractivity contribution < 1.29 is 8.42 Å². The van der Waals surface area contributed by atoms with Crippen LogP contribution in [0.4, 0.5) is 0 Å². The number of nitrogens with one attached hydrogen (secondary N) is 2. The molecule has 7 heteroatoms. The average molecular weight is 325 g/mol. The second-order valence-corrected chi connectivity index (χ2v) is 7.84. The fraction of sp³-hybridized carbons (Fsp3) is 0.357. The maximum atomic E-state index is 12.2. The van der Waals surface area contributed by atoms with E-state index in [4.69, 9.17) is 0 Å². The molecule has 0 spiro atoms. The zero-order valence-corrected chi connectivity index (χ0v) is 13.9. The van der Waals surface area contributed by atoms with Crippen LogP contribution in [0.1, 0.15) is 28.4 Å². The molecule has 0 radical (unpaired) electrons. The molecule has 0 aliphatic carbocycles. The van der Waals surface area contributed by atoms with Crippen molar-refractivity contribution in [3.8, 4) is 0 Å². The van der Waals surface area contributed by atoms with E-state index >= 15 is 0 Å². The first-order valence-corrected chi connectivity index (χ1v) is 8.90. The number of sulfonamides is 1. The number of thiazole rings is 1. The van der Waals surface area contributed by atoms with Crippen molar-refractivity contribution in [1.29, 1.82) is 0 Å². The molecule has 5 nitrogen and oxygen atoms in total. The fourth-order valence-electron chi connectivity index (χ4n) is 1.84. The van der Waals surface area contributed by atoms with Crippen LogP contribution in [0.5, 0.6) is 0 Å². The Morgan fingerprint density at radius 2 is 1.95 bits per heavy atom. The molecule has 1 aromatic carbocycles. The highest BCUT2D eigenvalue weighted by Gasteiger charge is 2.14. The van der Waals surface area contributed by atoms with Gasteiger partial charge in [-0.05, 0) is 38.6 Å². The number of hydrogen-bond donors (Lipinski definition) is 2. The molecule has 0 fully saturated rings. The molecule has 0 amide bonds. The summed E-state index contributed by atoms with van der Waals surface area (Å²) in [6.45, 7) is 4.18. The van der Waals surface area contributed by atoms with Crippen LogP contribution >= 0.6 is 11.3 Å². The van der Waals surface area contributed by atoms with Gasteiger partial charge in [-0.2, -0.15) is 0 Å². The van der Waals surface area contributed by atoms with Crippen LogP contribution in [0.25, 0.3) is 0 Å². The van der Waals surface area contributed by atoms with E-state index < -0.39 is 10.0 Å². The first-order chi connectivity index (χ1) is 9.92. The third kappa shape index (κ3) is 4.10. The average Bonchev–Trinajstić information content (AvgIpc) is 2.90. The smallest absolute Gasteiger partial charge is 0.240 e. The predicted molar refractivity (Wildman–Crippen MR) is 84.8 cm³/mol. The third-order valence-corrected chi connectivity index (χ3v) is 5.56. The van der Waals surface area contributed by atoms with Gasteiger partial charge < -0.3 is 5.32 Å². The summed E-state index contributed by atoms with van der Waals surface area (Å²) < 4.78 is 27.0. The molecule has 0 bridgehead atoms. The highest BCUT2D eigenvalue weighted by Crippen LogP contribution is 2.17. The van der Waals surface area contributed by atoms with E-state index in [1.165, 1.54) is 11.3 Å². The summed E-state index contributed by atoms with van der Waals surface area (Å²) in [5.74, 6) is 0. The van der Waals surface area contributed by atoms with Crippen molar-refractivity contribution in [2.24, 2.45) is 0 Å². The van der Waals surface area contributed by atoms with Crippen LogP contribution in [-0.4, -0.2) is 20.4 Å². The molecule has 2 rings (SSSR count). The zero-order chi connectivity index (χ0) is 15.5. The Balaban J connectivity index is 2.08. The molecule has 2 aromatic rings. The number of nitrogens with zero attached hydrogens (tertiary/aromatic N) is 1. The zero-order valence-electron chi connectivity index (χ0n) is 12.3. The SMILES string of the molecule is CNC(C)c1ccc(S(=O)(=O)NCc2cnc(C)s2)cc1. The highest BCUT2D eigenvalue weighted by atomic mass is 32.2. The van der Waals surface area contributed by atoms with E-state index in [1.807, 2.05) is 33.0 Å². The van der Waals surface area contributed by atoms with E-state index in [0.29, 0.717) is 0 Å². The van der Waals surface area contributed by atoms with E-state index in [2.05, 4.69) is 15.0 Å². The Labute approximate surface area is 129 Å². The molecule has 0 aliphatic heterocycles. The van der Waals surface area contributed by atoms with E-state index in [-0.39, 0.29) is 17.5 Å². The summed E-state index contributed by atoms with van der Waals surface area (Å²) in [4.78, 5) is 5.28. The third-order valence-electron chi connectivity index (χ3n) is 3.23. The monoisotopic (exact) mass is 325 g/mol. The fourth-order valence-corrected chi connectivity index (χ4v) is 3.67. The summed E-state index contributed by atoms with van der Waals surface area (Å²) in [6, 6.07) is 7.10. The number of rotatable bonds is 6. The van der Waals surface area contributed by atoms with Crippen LogP contribution in [0.15, 0.2) is 35.4 Å². The van der Waals surface area contributed by atoms with Crippen molar-refractivity contribution in [2.45, 2.75) is 31.3 Å². The summed E-state index contributed by atoms with van der Waals surface area (Å²) in [5, 5.41) is 4.04. The standard InChI is InChI=1S/C14H19N3O2S2/c1-10(15-3)12-4-6-14(7-5-12)21(18,19)17-9-13-8-16-11(2)20-13/h4-8,10,15,17H,9H2,1-3H3. The van der Waals surface area contributed by atoms with Crippen molar-refractivity contribution in [1.82, 2.24) is 15.0 Å². The van der Waals surface area contributed by atoms with E-state index in [9.17, 15) is 8.42 Å². The van der Waals surface area contributed by atoms with E-state index in [1.54, 1.807) is 18.3 Å². The molecule has 0 aliphatic rings. The molecule has 1 aromatic heterocycles. The van der Waals surface area contributed by atoms with Gasteiger partial charge in [0.1, 0.15) is 0 Å². The summed E-state index contributed by atoms with van der Waals surface area (Å²) >= 11 is 1.49. The minimum absolute atomic E-state index is 0.190. The molecule has 21 heavy (non-hydrogen) atoms. The molecule has 114 valence electrons. The maximum absolute atomic E-state index is 12.2. The van der Waals surface area contributed by atoms with Crippen LogP contribution < -0.4 is 10.0 Å². The largest absolute Gasteiger partial charge is 0.313 e. The summed E-state index contributed by atoms with van der Waals surface area (Å²) in [7, 11) is -1.62. The first kappa shape index (κ1) is 16.1. The lowest BCUT2D eigenvalue weighted by Crippen LogP contribution is -2.23. The van der Waals surface area contributed by atoms with Gasteiger partial charge in [-0.3, -0.25) is 0 Å². The second-order valence-electron chi connectivity index (χ2n) is 4.75. The minimum Gasteiger partial charge on any atom is -0.313 e. The molecular formula is C14H19N3O2S2. The number of aryl methyl sites for hydroxylation is 1. The molecule has 1 atom stereocenters. The lowest BCUT2D eigenvalue weighted by atomic mass is 10.1. The van der Waals surface area contributed by atoms with Gasteiger partial charge in [-0.25, -0.2) is 18.1 Å². The van der Waals surface area contributed by atoms with Crippen molar-refractivity contribution in [3.05, 3.63) is 45.9 Å². The van der Waals surface area contributed by atoms with Gasteiger partial charge in [0.15, 0.2) is 0 Å². The Hall–Kier alpha value is -1.28. The Morgan fingerprint density at radius 3 is 2.48 bits per heavy atom. The number of aromatic nitrogens is 1. The van der Waals surface area contributed by atoms with Crippen LogP contribution in [-0.2, 0) is 16.6 Å². The molecule has 1 unspecified atom stereocenters. The maximum Gasteiger partial charge on any atom is 0.240 e. The quantitative estimate of drug-likeness (QED) is 0.854. The van der Waals surface area contributed by atoms with Crippen molar-refractivity contribution in [3.63, 3.8) is 0 Å². The van der Waals surface area contributed by atoms with Crippen molar-refractivity contribution >= 4 is 21.4 Å². The first-order valence-electron chi connectivity index (χ1n) is 6.60. The van der Waals surface area contributed by atoms with Gasteiger partial charge in [0.05, 0.1) is 9.90 Å². The lowest BCUT2D eigenvalue weighted by molar-refractivity contribution is 0.581. The molecule has 0 saturated heterocycles. The van der Waals surface area contributed by atoms with Gasteiger partial charge in [0.25, 0.3) is 0 Å². The van der Waals surface area contributed by atoms with Gasteiger partial charge in [-0.1, -0.05) is 12.1 Å². The lowest BCUT2D eigenvalue weighted by Gasteiger charge is -2.11. The van der Waals surface area contributed by atoms with Gasteiger partial charge in [0, 0.05) is 23.7 Å². The van der Waals surface area contributed by atoms with Crippen molar-refractivity contribution in [2.75, 3.05) is 7.05 Å². The normalized spacial score (nSPS) is 13.3. The number of benzene rings is 1. The highest BCUT2D eigenvalue weighted by molar-refractivity contribution is 7.89. The van der Waals surface area contributed by atoms with Crippen LogP contribution in [0.2, 0.25) is 0 Å².